The Balaban J connectivity index is 0.00000137. The number of carbonyl (C=O) groups excluding carboxylic acids is 1. The predicted molar refractivity (Wildman–Crippen MR) is 122 cm³/mol. The summed E-state index contributed by atoms with van der Waals surface area (Å²) < 4.78 is 51.9. The Morgan fingerprint density at radius 3 is 2.32 bits per heavy atom. The molecule has 0 aliphatic heterocycles. The van der Waals surface area contributed by atoms with Gasteiger partial charge in [0, 0.05) is 24.4 Å². The molecule has 0 aliphatic carbocycles. The number of nitro benzene ring substituents is 1. The van der Waals surface area contributed by atoms with Gasteiger partial charge in [-0.1, -0.05) is 39.8 Å². The number of benzene rings is 2. The van der Waals surface area contributed by atoms with E-state index in [1.165, 1.54) is 30.5 Å². The van der Waals surface area contributed by atoms with Crippen LogP contribution < -0.4 is 5.32 Å². The van der Waals surface area contributed by atoms with Gasteiger partial charge in [0.25, 0.3) is 11.6 Å². The molecule has 2 aromatic carbocycles. The van der Waals surface area contributed by atoms with Crippen LogP contribution in [0.2, 0.25) is 0 Å². The molecule has 3 rings (SSSR count). The van der Waals surface area contributed by atoms with Crippen LogP contribution in [0.5, 0.6) is 0 Å². The minimum atomic E-state index is -4.50. The lowest BCUT2D eigenvalue weighted by Crippen LogP contribution is -2.23. The third-order valence-electron chi connectivity index (χ3n) is 4.16. The maximum absolute atomic E-state index is 13.6. The molecule has 34 heavy (non-hydrogen) atoms. The molecule has 1 heterocycles. The number of hydrogen-bond acceptors (Lipinski definition) is 4. The monoisotopic (exact) mass is 479 g/mol. The number of carbonyl (C=O) groups is 1. The van der Waals surface area contributed by atoms with Crippen molar-refractivity contribution in [3.05, 3.63) is 93.4 Å². The molecule has 1 amide bonds. The summed E-state index contributed by atoms with van der Waals surface area (Å²) in [5.41, 5.74) is -1.01. The van der Waals surface area contributed by atoms with Crippen molar-refractivity contribution in [1.29, 1.82) is 0 Å². The highest BCUT2D eigenvalue weighted by Gasteiger charge is 2.30. The number of nitrogens with one attached hydrogen (secondary N) is 1. The zero-order chi connectivity index (χ0) is 25.9. The largest absolute Gasteiger partial charge is 0.416 e. The second-order valence-corrected chi connectivity index (χ2v) is 6.23. The molecule has 0 fully saturated rings. The Bertz CT molecular complexity index is 1120. The van der Waals surface area contributed by atoms with E-state index in [4.69, 9.17) is 0 Å². The average molecular weight is 479 g/mol. The molecule has 1 aromatic heterocycles. The summed E-state index contributed by atoms with van der Waals surface area (Å²) >= 11 is 0. The molecular weight excluding hydrogens is 454 g/mol. The molecule has 182 valence electrons. The maximum Gasteiger partial charge on any atom is 0.416 e. The lowest BCUT2D eigenvalue weighted by Gasteiger charge is -2.10. The van der Waals surface area contributed by atoms with Crippen LogP contribution in [0.15, 0.2) is 60.8 Å². The van der Waals surface area contributed by atoms with E-state index in [0.717, 1.165) is 30.3 Å². The number of alkyl halides is 3. The number of hydrogen-bond donors (Lipinski definition) is 1. The third-order valence-corrected chi connectivity index (χ3v) is 4.16. The van der Waals surface area contributed by atoms with Gasteiger partial charge in [0.15, 0.2) is 0 Å². The van der Waals surface area contributed by atoms with Crippen LogP contribution in [-0.4, -0.2) is 15.8 Å². The van der Waals surface area contributed by atoms with Gasteiger partial charge in [0.05, 0.1) is 21.7 Å². The number of amides is 1. The van der Waals surface area contributed by atoms with Crippen LogP contribution in [0.1, 0.15) is 49.2 Å². The Morgan fingerprint density at radius 2 is 1.71 bits per heavy atom. The standard InChI is InChI=1S/C20H13F4N3O3.2C2H6/c21-15-4-5-18(27(29)30)16(10-15)17-9-13(6-7-25-17)19(28)26-11-12-2-1-3-14(8-12)20(22,23)24;2*1-2/h1-10H,11H2,(H,26,28);2*1-2H3. The van der Waals surface area contributed by atoms with Crippen LogP contribution in [0.3, 0.4) is 0 Å². The molecule has 6 nitrogen and oxygen atoms in total. The Labute approximate surface area is 194 Å². The molecular formula is C24H25F4N3O3. The molecule has 1 N–H and O–H groups in total. The van der Waals surface area contributed by atoms with E-state index < -0.39 is 28.4 Å². The second kappa shape index (κ2) is 13.0. The van der Waals surface area contributed by atoms with Crippen LogP contribution in [0.25, 0.3) is 11.3 Å². The fourth-order valence-corrected chi connectivity index (χ4v) is 2.73. The zero-order valence-electron chi connectivity index (χ0n) is 19.1. The summed E-state index contributed by atoms with van der Waals surface area (Å²) in [6.45, 7) is 7.83. The normalized spacial score (nSPS) is 10.2. The van der Waals surface area contributed by atoms with E-state index in [1.54, 1.807) is 0 Å². The molecule has 0 bridgehead atoms. The highest BCUT2D eigenvalue weighted by atomic mass is 19.4. The third kappa shape index (κ3) is 7.65. The van der Waals surface area contributed by atoms with Crippen molar-refractivity contribution < 1.29 is 27.3 Å². The number of pyridine rings is 1. The van der Waals surface area contributed by atoms with E-state index in [2.05, 4.69) is 10.3 Å². The van der Waals surface area contributed by atoms with E-state index in [0.29, 0.717) is 0 Å². The van der Waals surface area contributed by atoms with Gasteiger partial charge >= 0.3 is 6.18 Å². The van der Waals surface area contributed by atoms with Gasteiger partial charge in [0.2, 0.25) is 0 Å². The van der Waals surface area contributed by atoms with Gasteiger partial charge in [-0.05, 0) is 42.0 Å². The van der Waals surface area contributed by atoms with Gasteiger partial charge in [-0.25, -0.2) is 4.39 Å². The van der Waals surface area contributed by atoms with Crippen molar-refractivity contribution in [3.63, 3.8) is 0 Å². The summed E-state index contributed by atoms with van der Waals surface area (Å²) in [7, 11) is 0. The van der Waals surface area contributed by atoms with Crippen molar-refractivity contribution in [2.45, 2.75) is 40.4 Å². The van der Waals surface area contributed by atoms with E-state index in [1.807, 2.05) is 27.7 Å². The summed E-state index contributed by atoms with van der Waals surface area (Å²) in [6.07, 6.45) is -3.27. The topological polar surface area (TPSA) is 85.1 Å². The Hall–Kier alpha value is -3.82. The molecule has 0 spiro atoms. The van der Waals surface area contributed by atoms with Crippen LogP contribution in [0.4, 0.5) is 23.2 Å². The van der Waals surface area contributed by atoms with E-state index >= 15 is 0 Å². The summed E-state index contributed by atoms with van der Waals surface area (Å²) in [5, 5.41) is 13.7. The number of nitro groups is 1. The van der Waals surface area contributed by atoms with Gasteiger partial charge in [-0.3, -0.25) is 19.9 Å². The Kier molecular flexibility index (Phi) is 10.8. The van der Waals surface area contributed by atoms with Crippen molar-refractivity contribution in [2.75, 3.05) is 0 Å². The highest BCUT2D eigenvalue weighted by molar-refractivity contribution is 5.95. The van der Waals surface area contributed by atoms with Crippen LogP contribution in [-0.2, 0) is 12.7 Å². The molecule has 0 unspecified atom stereocenters. The molecule has 0 saturated heterocycles. The summed E-state index contributed by atoms with van der Waals surface area (Å²) in [4.78, 5) is 26.8. The number of aromatic nitrogens is 1. The molecule has 0 aliphatic rings. The lowest BCUT2D eigenvalue weighted by molar-refractivity contribution is -0.384. The first kappa shape index (κ1) is 28.2. The summed E-state index contributed by atoms with van der Waals surface area (Å²) in [6, 6.07) is 9.95. The smallest absolute Gasteiger partial charge is 0.348 e. The fourth-order valence-electron chi connectivity index (χ4n) is 2.73. The van der Waals surface area contributed by atoms with Crippen molar-refractivity contribution in [1.82, 2.24) is 10.3 Å². The van der Waals surface area contributed by atoms with E-state index in [-0.39, 0.29) is 34.6 Å². The SMILES string of the molecule is CC.CC.O=C(NCc1cccc(C(F)(F)F)c1)c1ccnc(-c2cc(F)ccc2[N+](=O)[O-])c1. The first-order valence-electron chi connectivity index (χ1n) is 10.5. The Morgan fingerprint density at radius 1 is 1.03 bits per heavy atom. The van der Waals surface area contributed by atoms with E-state index in [9.17, 15) is 32.5 Å². The van der Waals surface area contributed by atoms with Crippen LogP contribution in [0, 0.1) is 15.9 Å². The minimum Gasteiger partial charge on any atom is -0.348 e. The quantitative estimate of drug-likeness (QED) is 0.248. The second-order valence-electron chi connectivity index (χ2n) is 6.23. The maximum atomic E-state index is 13.6. The van der Waals surface area contributed by atoms with Crippen molar-refractivity contribution >= 4 is 11.6 Å². The summed E-state index contributed by atoms with van der Waals surface area (Å²) in [5.74, 6) is -1.34. The van der Waals surface area contributed by atoms with Gasteiger partial charge < -0.3 is 5.32 Å². The molecule has 0 saturated carbocycles. The highest BCUT2D eigenvalue weighted by Crippen LogP contribution is 2.30. The van der Waals surface area contributed by atoms with Gasteiger partial charge in [-0.2, -0.15) is 13.2 Å². The number of nitrogens with zero attached hydrogens (tertiary/aromatic N) is 2. The molecule has 3 aromatic rings. The lowest BCUT2D eigenvalue weighted by atomic mass is 10.1. The molecule has 10 heteroatoms. The fraction of sp³-hybridized carbons (Fsp3) is 0.250. The van der Waals surface area contributed by atoms with Gasteiger partial charge in [-0.15, -0.1) is 0 Å². The first-order valence-corrected chi connectivity index (χ1v) is 10.5. The first-order chi connectivity index (χ1) is 16.1. The van der Waals surface area contributed by atoms with Crippen molar-refractivity contribution in [3.8, 4) is 11.3 Å². The predicted octanol–water partition coefficient (Wildman–Crippen LogP) is 6.80. The molecule has 0 radical (unpaired) electrons. The van der Waals surface area contributed by atoms with Crippen molar-refractivity contribution in [2.24, 2.45) is 0 Å². The van der Waals surface area contributed by atoms with Gasteiger partial charge in [0.1, 0.15) is 5.82 Å². The van der Waals surface area contributed by atoms with Crippen LogP contribution >= 0.6 is 0 Å². The number of rotatable bonds is 5. The minimum absolute atomic E-state index is 0.00733. The zero-order valence-corrected chi connectivity index (χ0v) is 19.1. The average Bonchev–Trinajstić information content (AvgIpc) is 2.84. The molecule has 0 atom stereocenters. The number of halogens is 4.